The van der Waals surface area contributed by atoms with Gasteiger partial charge in [-0.15, -0.1) is 0 Å². The van der Waals surface area contributed by atoms with Gasteiger partial charge in [-0.05, 0) is 52.9 Å². The number of aliphatic hydroxyl groups is 1. The summed E-state index contributed by atoms with van der Waals surface area (Å²) < 4.78 is 17.4. The smallest absolute Gasteiger partial charge is 0.301 e. The molecule has 8 nitrogen and oxygen atoms in total. The number of fused-ring (bicyclic) bond motifs is 2. The molecule has 0 unspecified atom stereocenters. The summed E-state index contributed by atoms with van der Waals surface area (Å²) in [5.74, 6) is -0.134. The lowest BCUT2D eigenvalue weighted by Crippen LogP contribution is -2.29. The number of methoxy groups -OCH3 is 1. The number of ketones is 1. The first-order valence-electron chi connectivity index (χ1n) is 12.9. The number of benzene rings is 3. The van der Waals surface area contributed by atoms with Crippen molar-refractivity contribution in [3.05, 3.63) is 82.9 Å². The van der Waals surface area contributed by atoms with Crippen LogP contribution in [0.1, 0.15) is 43.5 Å². The van der Waals surface area contributed by atoms with E-state index in [4.69, 9.17) is 14.2 Å². The largest absolute Gasteiger partial charge is 0.507 e. The number of nitrogens with zero attached hydrogens (tertiary/aromatic N) is 2. The van der Waals surface area contributed by atoms with E-state index in [2.05, 4.69) is 25.8 Å². The summed E-state index contributed by atoms with van der Waals surface area (Å²) in [4.78, 5) is 33.3. The van der Waals surface area contributed by atoms with Crippen molar-refractivity contribution in [3.63, 3.8) is 0 Å². The lowest BCUT2D eigenvalue weighted by molar-refractivity contribution is -0.132. The number of ether oxygens (including phenoxy) is 3. The summed E-state index contributed by atoms with van der Waals surface area (Å²) in [5.41, 5.74) is 2.72. The molecular weight excluding hydrogens is 528 g/mol. The lowest BCUT2D eigenvalue weighted by atomic mass is 9.85. The second-order valence-corrected chi connectivity index (χ2v) is 11.7. The van der Waals surface area contributed by atoms with Crippen molar-refractivity contribution >= 4 is 44.1 Å². The van der Waals surface area contributed by atoms with Gasteiger partial charge in [-0.1, -0.05) is 56.4 Å². The van der Waals surface area contributed by atoms with E-state index in [0.717, 1.165) is 10.3 Å². The molecule has 4 aromatic rings. The maximum atomic E-state index is 13.6. The average molecular weight is 557 g/mol. The van der Waals surface area contributed by atoms with Gasteiger partial charge in [-0.2, -0.15) is 0 Å². The van der Waals surface area contributed by atoms with Crippen molar-refractivity contribution in [1.82, 2.24) is 4.98 Å². The Bertz CT molecular complexity index is 1680. The molecule has 2 aliphatic heterocycles. The number of rotatable bonds is 4. The van der Waals surface area contributed by atoms with Crippen LogP contribution in [-0.2, 0) is 15.0 Å². The molecule has 1 atom stereocenters. The van der Waals surface area contributed by atoms with Gasteiger partial charge in [0.15, 0.2) is 16.6 Å². The number of thiazole rings is 1. The third kappa shape index (κ3) is 4.36. The van der Waals surface area contributed by atoms with Gasteiger partial charge < -0.3 is 19.3 Å². The Morgan fingerprint density at radius 3 is 2.42 bits per heavy atom. The Labute approximate surface area is 235 Å². The summed E-state index contributed by atoms with van der Waals surface area (Å²) in [7, 11) is 1.58. The van der Waals surface area contributed by atoms with Crippen molar-refractivity contribution < 1.29 is 28.9 Å². The van der Waals surface area contributed by atoms with Crippen molar-refractivity contribution in [2.45, 2.75) is 32.2 Å². The van der Waals surface area contributed by atoms with Crippen LogP contribution in [0, 0.1) is 0 Å². The van der Waals surface area contributed by atoms with Crippen molar-refractivity contribution in [1.29, 1.82) is 0 Å². The molecule has 9 heteroatoms. The molecule has 0 bridgehead atoms. The predicted octanol–water partition coefficient (Wildman–Crippen LogP) is 6.00. The number of amides is 1. The zero-order valence-electron chi connectivity index (χ0n) is 22.6. The number of carbonyl (C=O) groups is 2. The molecule has 40 heavy (non-hydrogen) atoms. The maximum absolute atomic E-state index is 13.6. The molecule has 0 saturated carbocycles. The van der Waals surface area contributed by atoms with E-state index in [1.165, 1.54) is 16.2 Å². The number of Topliss-reactive ketones (excluding diaryl/α,β-unsaturated/α-hetero) is 1. The number of aliphatic hydroxyl groups excluding tert-OH is 1. The van der Waals surface area contributed by atoms with Gasteiger partial charge >= 0.3 is 5.91 Å². The molecular formula is C31H28N2O6S. The molecule has 0 aliphatic carbocycles. The van der Waals surface area contributed by atoms with Crippen LogP contribution in [0.25, 0.3) is 16.0 Å². The fourth-order valence-corrected chi connectivity index (χ4v) is 6.00. The molecule has 0 radical (unpaired) electrons. The van der Waals surface area contributed by atoms with Crippen LogP contribution < -0.4 is 19.1 Å². The minimum atomic E-state index is -0.885. The Morgan fingerprint density at radius 1 is 1.00 bits per heavy atom. The molecule has 1 saturated heterocycles. The van der Waals surface area contributed by atoms with Gasteiger partial charge in [-0.3, -0.25) is 14.5 Å². The normalized spacial score (nSPS) is 18.4. The Balaban J connectivity index is 1.52. The Morgan fingerprint density at radius 2 is 1.73 bits per heavy atom. The number of anilines is 1. The molecule has 1 aromatic heterocycles. The van der Waals surface area contributed by atoms with Crippen LogP contribution in [0.4, 0.5) is 5.13 Å². The van der Waals surface area contributed by atoms with Gasteiger partial charge in [0.2, 0.25) is 0 Å². The summed E-state index contributed by atoms with van der Waals surface area (Å²) in [6.07, 6.45) is 0. The van der Waals surface area contributed by atoms with Crippen molar-refractivity contribution in [2.75, 3.05) is 25.2 Å². The van der Waals surface area contributed by atoms with E-state index in [1.807, 2.05) is 36.4 Å². The number of hydrogen-bond donors (Lipinski definition) is 1. The molecule has 6 rings (SSSR count). The van der Waals surface area contributed by atoms with Crippen LogP contribution in [0.3, 0.4) is 0 Å². The quantitative estimate of drug-likeness (QED) is 0.187. The van der Waals surface area contributed by atoms with Gasteiger partial charge in [0.05, 0.1) is 28.9 Å². The highest BCUT2D eigenvalue weighted by molar-refractivity contribution is 7.22. The predicted molar refractivity (Wildman–Crippen MR) is 154 cm³/mol. The molecule has 2 aliphatic rings. The first-order chi connectivity index (χ1) is 19.2. The van der Waals surface area contributed by atoms with Gasteiger partial charge in [-0.25, -0.2) is 4.98 Å². The zero-order chi connectivity index (χ0) is 28.2. The van der Waals surface area contributed by atoms with Gasteiger partial charge in [0.25, 0.3) is 5.78 Å². The van der Waals surface area contributed by atoms with Gasteiger partial charge in [0, 0.05) is 5.56 Å². The topological polar surface area (TPSA) is 98.2 Å². The lowest BCUT2D eigenvalue weighted by Gasteiger charge is -2.25. The number of aromatic nitrogens is 1. The first-order valence-corrected chi connectivity index (χ1v) is 13.7. The highest BCUT2D eigenvalue weighted by Crippen LogP contribution is 2.45. The van der Waals surface area contributed by atoms with E-state index in [-0.39, 0.29) is 16.7 Å². The minimum absolute atomic E-state index is 0.0120. The molecule has 1 amide bonds. The standard InChI is InChI=1S/C31H28N2O6S/c1-31(2,3)19-8-5-17(6-9-19)26-25(27(34)18-7-12-22-23(15-18)39-14-13-38-22)28(35)29(36)33(26)30-32-21-11-10-20(37-4)16-24(21)40-30/h5-12,15-16,26,34H,13-14H2,1-4H3/b27-25+/t26-/m1/s1. The van der Waals surface area contributed by atoms with Crippen LogP contribution in [0.15, 0.2) is 66.2 Å². The second kappa shape index (κ2) is 9.67. The summed E-state index contributed by atoms with van der Waals surface area (Å²) in [5, 5.41) is 11.9. The average Bonchev–Trinajstić information content (AvgIpc) is 3.49. The SMILES string of the molecule is COc1ccc2nc(N3C(=O)C(=O)/C(=C(/O)c4ccc5c(c4)OCCO5)[C@H]3c3ccc(C(C)(C)C)cc3)sc2c1. The molecule has 204 valence electrons. The third-order valence-electron chi connectivity index (χ3n) is 7.14. The highest BCUT2D eigenvalue weighted by atomic mass is 32.1. The fraction of sp³-hybridized carbons (Fsp3) is 0.258. The van der Waals surface area contributed by atoms with Crippen LogP contribution >= 0.6 is 11.3 Å². The van der Waals surface area contributed by atoms with E-state index in [0.29, 0.717) is 52.2 Å². The fourth-order valence-electron chi connectivity index (χ4n) is 4.98. The maximum Gasteiger partial charge on any atom is 0.301 e. The molecule has 3 heterocycles. The Hall–Kier alpha value is -4.37. The monoisotopic (exact) mass is 556 g/mol. The molecule has 1 fully saturated rings. The van der Waals surface area contributed by atoms with E-state index in [9.17, 15) is 14.7 Å². The summed E-state index contributed by atoms with van der Waals surface area (Å²) in [6.45, 7) is 7.16. The van der Waals surface area contributed by atoms with Gasteiger partial charge in [0.1, 0.15) is 24.7 Å². The van der Waals surface area contributed by atoms with Crippen molar-refractivity contribution in [3.8, 4) is 17.2 Å². The van der Waals surface area contributed by atoms with Crippen LogP contribution in [0.5, 0.6) is 17.2 Å². The van der Waals surface area contributed by atoms with E-state index >= 15 is 0 Å². The highest BCUT2D eigenvalue weighted by Gasteiger charge is 2.48. The molecule has 3 aromatic carbocycles. The van der Waals surface area contributed by atoms with E-state index < -0.39 is 17.7 Å². The van der Waals surface area contributed by atoms with Crippen molar-refractivity contribution in [2.24, 2.45) is 0 Å². The Kier molecular flexibility index (Phi) is 6.26. The van der Waals surface area contributed by atoms with E-state index in [1.54, 1.807) is 31.4 Å². The minimum Gasteiger partial charge on any atom is -0.507 e. The molecule has 0 spiro atoms. The summed E-state index contributed by atoms with van der Waals surface area (Å²) in [6, 6.07) is 17.3. The second-order valence-electron chi connectivity index (χ2n) is 10.7. The summed E-state index contributed by atoms with van der Waals surface area (Å²) >= 11 is 1.28. The third-order valence-corrected chi connectivity index (χ3v) is 8.16. The van der Waals surface area contributed by atoms with Crippen LogP contribution in [-0.4, -0.2) is 42.1 Å². The number of hydrogen-bond acceptors (Lipinski definition) is 8. The van der Waals surface area contributed by atoms with Crippen LogP contribution in [0.2, 0.25) is 0 Å². The zero-order valence-corrected chi connectivity index (χ0v) is 23.4. The first kappa shape index (κ1) is 25.9. The molecule has 1 N–H and O–H groups in total. The number of carbonyl (C=O) groups excluding carboxylic acids is 2.